The van der Waals surface area contributed by atoms with Gasteiger partial charge in [0.25, 0.3) is 0 Å². The van der Waals surface area contributed by atoms with Crippen molar-refractivity contribution in [1.82, 2.24) is 30.6 Å². The number of fused-ring (bicyclic) bond motifs is 1. The number of hydrogen-bond acceptors (Lipinski definition) is 6. The Morgan fingerprint density at radius 2 is 2.06 bits per heavy atom. The first-order chi connectivity index (χ1) is 17.5. The number of likely N-dealkylation sites (tertiary alicyclic amines) is 1. The Balaban J connectivity index is 1.13. The van der Waals surface area contributed by atoms with Crippen LogP contribution in [0.1, 0.15) is 67.2 Å². The summed E-state index contributed by atoms with van der Waals surface area (Å²) in [5.74, 6) is 1.14. The van der Waals surface area contributed by atoms with Gasteiger partial charge in [-0.2, -0.15) is 0 Å². The normalized spacial score (nSPS) is 33.6. The predicted molar refractivity (Wildman–Crippen MR) is 139 cm³/mol. The average Bonchev–Trinajstić information content (AvgIpc) is 3.64. The Labute approximate surface area is 213 Å². The number of imidazole rings is 1. The van der Waals surface area contributed by atoms with Gasteiger partial charge in [-0.15, -0.1) is 0 Å². The minimum atomic E-state index is -0.993. The molecule has 6 unspecified atom stereocenters. The summed E-state index contributed by atoms with van der Waals surface area (Å²) < 4.78 is 15.9. The number of likely N-dealkylation sites (N-methyl/N-ethyl adjacent to an activating group) is 1. The van der Waals surface area contributed by atoms with Gasteiger partial charge in [0.15, 0.2) is 0 Å². The molecular formula is C28H39FN6O. The lowest BCUT2D eigenvalue weighted by molar-refractivity contribution is 0.135. The Bertz CT molecular complexity index is 1120. The Morgan fingerprint density at radius 1 is 1.17 bits per heavy atom. The maximum absolute atomic E-state index is 15.9. The number of hydrogen-bond donors (Lipinski definition) is 4. The molecule has 194 valence electrons. The van der Waals surface area contributed by atoms with Crippen molar-refractivity contribution in [3.05, 3.63) is 53.1 Å². The summed E-state index contributed by atoms with van der Waals surface area (Å²) >= 11 is 0. The molecule has 3 fully saturated rings. The molecule has 4 aliphatic rings. The second kappa shape index (κ2) is 9.89. The van der Waals surface area contributed by atoms with Gasteiger partial charge < -0.3 is 15.0 Å². The molecule has 1 aliphatic carbocycles. The van der Waals surface area contributed by atoms with E-state index >= 15 is 4.39 Å². The number of alkyl halides is 1. The second-order valence-corrected chi connectivity index (χ2v) is 11.2. The quantitative estimate of drug-likeness (QED) is 0.510. The van der Waals surface area contributed by atoms with Crippen LogP contribution in [0.15, 0.2) is 30.5 Å². The van der Waals surface area contributed by atoms with Gasteiger partial charge in [-0.25, -0.2) is 14.8 Å². The highest BCUT2D eigenvalue weighted by atomic mass is 19.1. The van der Waals surface area contributed by atoms with Gasteiger partial charge in [0.05, 0.1) is 24.0 Å². The number of hydrazine groups is 1. The van der Waals surface area contributed by atoms with Gasteiger partial charge in [-0.05, 0) is 74.5 Å². The zero-order chi connectivity index (χ0) is 24.8. The third-order valence-electron chi connectivity index (χ3n) is 9.10. The number of benzene rings is 1. The number of H-pyrrole nitrogens is 1. The van der Waals surface area contributed by atoms with Crippen LogP contribution in [0, 0.1) is 5.92 Å². The fraction of sp³-hybridized carbons (Fsp3) is 0.607. The molecule has 4 heterocycles. The number of phenols is 1. The molecule has 0 spiro atoms. The standard InChI is InChI=1S/C28H39FN6O/c1-3-17-14-20(36)4-5-21(17)22-6-7-23-26(25(22)29)32-33-27(23)28-30-15-24(31-28)18-8-12-35(13-9-18)19-10-11-34(2)16-19/h4-5,8,14-15,19,22-23,25-27,32-33,36H,3,6-7,9-13,16H2,1-2H3,(H,30,31). The molecule has 8 heteroatoms. The molecule has 6 atom stereocenters. The first-order valence-corrected chi connectivity index (χ1v) is 13.7. The van der Waals surface area contributed by atoms with E-state index in [-0.39, 0.29) is 29.7 Å². The second-order valence-electron chi connectivity index (χ2n) is 11.2. The Kier molecular flexibility index (Phi) is 6.62. The van der Waals surface area contributed by atoms with Crippen molar-refractivity contribution >= 4 is 5.57 Å². The van der Waals surface area contributed by atoms with Crippen LogP contribution < -0.4 is 10.9 Å². The molecule has 6 rings (SSSR count). The van der Waals surface area contributed by atoms with Crippen molar-refractivity contribution in [3.63, 3.8) is 0 Å². The number of rotatable bonds is 5. The molecule has 0 radical (unpaired) electrons. The molecule has 0 amide bonds. The Hall–Kier alpha value is -2.26. The third-order valence-corrected chi connectivity index (χ3v) is 9.10. The SMILES string of the molecule is CCc1cc(O)ccc1C1CCC2C(c3ncc(C4=CCN(C5CCN(C)C5)CC4)[nH]3)NNC2C1F. The van der Waals surface area contributed by atoms with E-state index in [4.69, 9.17) is 4.98 Å². The van der Waals surface area contributed by atoms with Crippen LogP contribution in [0.4, 0.5) is 4.39 Å². The molecule has 1 saturated carbocycles. The lowest BCUT2D eigenvalue weighted by Gasteiger charge is -2.36. The van der Waals surface area contributed by atoms with Crippen molar-refractivity contribution in [2.45, 2.75) is 69.2 Å². The van der Waals surface area contributed by atoms with E-state index in [1.54, 1.807) is 12.1 Å². The number of aryl methyl sites for hydroxylation is 1. The van der Waals surface area contributed by atoms with Gasteiger partial charge in [-0.3, -0.25) is 10.3 Å². The van der Waals surface area contributed by atoms with Crippen molar-refractivity contribution in [2.24, 2.45) is 5.92 Å². The van der Waals surface area contributed by atoms with E-state index in [0.29, 0.717) is 6.04 Å². The average molecular weight is 495 g/mol. The molecule has 1 aromatic heterocycles. The van der Waals surface area contributed by atoms with Crippen LogP contribution in [0.5, 0.6) is 5.75 Å². The van der Waals surface area contributed by atoms with Gasteiger partial charge in [0.2, 0.25) is 0 Å². The highest BCUT2D eigenvalue weighted by Crippen LogP contribution is 2.45. The highest BCUT2D eigenvalue weighted by Gasteiger charge is 2.48. The summed E-state index contributed by atoms with van der Waals surface area (Å²) in [5.41, 5.74) is 11.2. The Morgan fingerprint density at radius 3 is 2.81 bits per heavy atom. The summed E-state index contributed by atoms with van der Waals surface area (Å²) in [5, 5.41) is 9.88. The number of halogens is 1. The van der Waals surface area contributed by atoms with Crippen LogP contribution in [0.3, 0.4) is 0 Å². The fourth-order valence-electron chi connectivity index (χ4n) is 7.04. The molecule has 2 saturated heterocycles. The highest BCUT2D eigenvalue weighted by molar-refractivity contribution is 5.63. The first kappa shape index (κ1) is 24.1. The van der Waals surface area contributed by atoms with E-state index in [2.05, 4.69) is 45.7 Å². The maximum Gasteiger partial charge on any atom is 0.125 e. The van der Waals surface area contributed by atoms with Crippen molar-refractivity contribution < 1.29 is 9.50 Å². The minimum absolute atomic E-state index is 0.0249. The van der Waals surface area contributed by atoms with E-state index in [0.717, 1.165) is 61.4 Å². The number of aromatic amines is 1. The molecule has 7 nitrogen and oxygen atoms in total. The molecule has 36 heavy (non-hydrogen) atoms. The zero-order valence-electron chi connectivity index (χ0n) is 21.4. The topological polar surface area (TPSA) is 79.5 Å². The van der Waals surface area contributed by atoms with Crippen LogP contribution in [0.2, 0.25) is 0 Å². The molecule has 4 N–H and O–H groups in total. The van der Waals surface area contributed by atoms with Gasteiger partial charge in [0.1, 0.15) is 17.7 Å². The molecular weight excluding hydrogens is 455 g/mol. The lowest BCUT2D eigenvalue weighted by atomic mass is 9.71. The summed E-state index contributed by atoms with van der Waals surface area (Å²) in [6.07, 6.45) is 8.12. The third kappa shape index (κ3) is 4.38. The van der Waals surface area contributed by atoms with Crippen LogP contribution in [0.25, 0.3) is 5.57 Å². The van der Waals surface area contributed by atoms with Gasteiger partial charge in [-0.1, -0.05) is 19.1 Å². The van der Waals surface area contributed by atoms with Gasteiger partial charge >= 0.3 is 0 Å². The maximum atomic E-state index is 15.9. The van der Waals surface area contributed by atoms with Crippen molar-refractivity contribution in [2.75, 3.05) is 33.2 Å². The summed E-state index contributed by atoms with van der Waals surface area (Å²) in [6.45, 7) is 6.51. The van der Waals surface area contributed by atoms with Gasteiger partial charge in [0, 0.05) is 37.5 Å². The molecule has 0 bridgehead atoms. The lowest BCUT2D eigenvalue weighted by Crippen LogP contribution is -2.45. The minimum Gasteiger partial charge on any atom is -0.508 e. The predicted octanol–water partition coefficient (Wildman–Crippen LogP) is 3.52. The van der Waals surface area contributed by atoms with Crippen LogP contribution in [-0.4, -0.2) is 76.4 Å². The number of nitrogens with zero attached hydrogens (tertiary/aromatic N) is 3. The zero-order valence-corrected chi connectivity index (χ0v) is 21.4. The molecule has 1 aromatic carbocycles. The van der Waals surface area contributed by atoms with E-state index in [9.17, 15) is 5.11 Å². The van der Waals surface area contributed by atoms with Crippen LogP contribution >= 0.6 is 0 Å². The fourth-order valence-corrected chi connectivity index (χ4v) is 7.04. The summed E-state index contributed by atoms with van der Waals surface area (Å²) in [7, 11) is 2.21. The summed E-state index contributed by atoms with van der Waals surface area (Å²) in [6, 6.07) is 5.78. The largest absolute Gasteiger partial charge is 0.508 e. The van der Waals surface area contributed by atoms with E-state index < -0.39 is 6.17 Å². The van der Waals surface area contributed by atoms with E-state index in [1.165, 1.54) is 25.1 Å². The molecule has 2 aromatic rings. The summed E-state index contributed by atoms with van der Waals surface area (Å²) in [4.78, 5) is 13.3. The number of aromatic hydroxyl groups is 1. The monoisotopic (exact) mass is 494 g/mol. The first-order valence-electron chi connectivity index (χ1n) is 13.7. The molecule has 3 aliphatic heterocycles. The van der Waals surface area contributed by atoms with Crippen molar-refractivity contribution in [1.29, 1.82) is 0 Å². The number of nitrogens with one attached hydrogen (secondary N) is 3. The van der Waals surface area contributed by atoms with Crippen LogP contribution in [-0.2, 0) is 6.42 Å². The van der Waals surface area contributed by atoms with E-state index in [1.807, 2.05) is 12.3 Å². The number of phenolic OH excluding ortho intramolecular Hbond substituents is 1. The number of aromatic nitrogens is 2. The smallest absolute Gasteiger partial charge is 0.125 e. The van der Waals surface area contributed by atoms with Crippen molar-refractivity contribution in [3.8, 4) is 5.75 Å².